The van der Waals surface area contributed by atoms with Gasteiger partial charge in [0, 0.05) is 31.8 Å². The molecule has 0 fully saturated rings. The van der Waals surface area contributed by atoms with E-state index in [-0.39, 0.29) is 11.8 Å². The van der Waals surface area contributed by atoms with Crippen molar-refractivity contribution in [3.05, 3.63) is 58.1 Å². The Morgan fingerprint density at radius 2 is 1.81 bits per heavy atom. The number of carbonyl (C=O) groups is 2. The van der Waals surface area contributed by atoms with Gasteiger partial charge in [-0.25, -0.2) is 0 Å². The van der Waals surface area contributed by atoms with Crippen LogP contribution in [0.3, 0.4) is 0 Å². The van der Waals surface area contributed by atoms with Crippen LogP contribution in [0.5, 0.6) is 5.75 Å². The van der Waals surface area contributed by atoms with Crippen LogP contribution in [0.15, 0.2) is 46.9 Å². The number of hydrogen-bond donors (Lipinski definition) is 1. The quantitative estimate of drug-likeness (QED) is 0.735. The average molecular weight is 419 g/mol. The van der Waals surface area contributed by atoms with Gasteiger partial charge in [-0.1, -0.05) is 12.1 Å². The maximum atomic E-state index is 12.4. The van der Waals surface area contributed by atoms with E-state index in [1.807, 2.05) is 31.2 Å². The van der Waals surface area contributed by atoms with Crippen LogP contribution < -0.4 is 10.1 Å². The standard InChI is InChI=1S/C20H23BrN2O3/c1-4-26-18-11-8-15(13-17(18)21)20(25)22-16-9-5-14(6-10-16)7-12-19(24)23(2)3/h5-6,8-11,13H,4,7,12H2,1-3H3,(H,22,25). The van der Waals surface area contributed by atoms with Gasteiger partial charge in [-0.15, -0.1) is 0 Å². The van der Waals surface area contributed by atoms with Gasteiger partial charge in [0.15, 0.2) is 0 Å². The molecule has 5 nitrogen and oxygen atoms in total. The first-order valence-electron chi connectivity index (χ1n) is 8.43. The van der Waals surface area contributed by atoms with Crippen LogP contribution in [-0.2, 0) is 11.2 Å². The van der Waals surface area contributed by atoms with Crippen molar-refractivity contribution >= 4 is 33.4 Å². The lowest BCUT2D eigenvalue weighted by Crippen LogP contribution is -2.21. The fourth-order valence-electron chi connectivity index (χ4n) is 2.35. The Labute approximate surface area is 162 Å². The summed E-state index contributed by atoms with van der Waals surface area (Å²) in [6, 6.07) is 12.8. The minimum Gasteiger partial charge on any atom is -0.493 e. The average Bonchev–Trinajstić information content (AvgIpc) is 2.62. The number of aryl methyl sites for hydroxylation is 1. The molecule has 0 aliphatic carbocycles. The van der Waals surface area contributed by atoms with Crippen molar-refractivity contribution < 1.29 is 14.3 Å². The van der Waals surface area contributed by atoms with E-state index in [0.29, 0.717) is 36.4 Å². The Morgan fingerprint density at radius 3 is 2.38 bits per heavy atom. The second-order valence-electron chi connectivity index (χ2n) is 6.02. The Morgan fingerprint density at radius 1 is 1.12 bits per heavy atom. The van der Waals surface area contributed by atoms with E-state index < -0.39 is 0 Å². The maximum Gasteiger partial charge on any atom is 0.255 e. The van der Waals surface area contributed by atoms with Crippen molar-refractivity contribution in [2.45, 2.75) is 19.8 Å². The molecular weight excluding hydrogens is 396 g/mol. The number of ether oxygens (including phenoxy) is 1. The largest absolute Gasteiger partial charge is 0.493 e. The van der Waals surface area contributed by atoms with Crippen molar-refractivity contribution in [3.63, 3.8) is 0 Å². The summed E-state index contributed by atoms with van der Waals surface area (Å²) < 4.78 is 6.20. The minimum atomic E-state index is -0.190. The fourth-order valence-corrected chi connectivity index (χ4v) is 2.84. The van der Waals surface area contributed by atoms with E-state index in [1.165, 1.54) is 0 Å². The number of halogens is 1. The van der Waals surface area contributed by atoms with Crippen LogP contribution in [0.2, 0.25) is 0 Å². The second kappa shape index (κ2) is 9.38. The third-order valence-electron chi connectivity index (χ3n) is 3.83. The van der Waals surface area contributed by atoms with Crippen LogP contribution >= 0.6 is 15.9 Å². The molecule has 0 aliphatic rings. The molecule has 0 aliphatic heterocycles. The summed E-state index contributed by atoms with van der Waals surface area (Å²) >= 11 is 3.41. The molecule has 6 heteroatoms. The number of anilines is 1. The number of amides is 2. The van der Waals surface area contributed by atoms with E-state index in [4.69, 9.17) is 4.74 Å². The molecule has 2 aromatic rings. The zero-order chi connectivity index (χ0) is 19.1. The summed E-state index contributed by atoms with van der Waals surface area (Å²) in [5.74, 6) is 0.619. The number of hydrogen-bond acceptors (Lipinski definition) is 3. The predicted molar refractivity (Wildman–Crippen MR) is 107 cm³/mol. The molecule has 0 heterocycles. The van der Waals surface area contributed by atoms with Crippen LogP contribution in [0.4, 0.5) is 5.69 Å². The highest BCUT2D eigenvalue weighted by atomic mass is 79.9. The number of nitrogens with one attached hydrogen (secondary N) is 1. The minimum absolute atomic E-state index is 0.100. The molecule has 0 saturated carbocycles. The lowest BCUT2D eigenvalue weighted by molar-refractivity contribution is -0.128. The summed E-state index contributed by atoms with van der Waals surface area (Å²) in [6.45, 7) is 2.48. The molecule has 1 N–H and O–H groups in total. The molecule has 0 spiro atoms. The second-order valence-corrected chi connectivity index (χ2v) is 6.87. The molecule has 0 aromatic heterocycles. The zero-order valence-electron chi connectivity index (χ0n) is 15.2. The van der Waals surface area contributed by atoms with Gasteiger partial charge in [-0.2, -0.15) is 0 Å². The van der Waals surface area contributed by atoms with Crippen LogP contribution in [-0.4, -0.2) is 37.4 Å². The van der Waals surface area contributed by atoms with Gasteiger partial charge in [-0.3, -0.25) is 9.59 Å². The topological polar surface area (TPSA) is 58.6 Å². The van der Waals surface area contributed by atoms with Crippen LogP contribution in [0.1, 0.15) is 29.3 Å². The molecule has 2 amide bonds. The Kier molecular flexibility index (Phi) is 7.21. The highest BCUT2D eigenvalue weighted by Crippen LogP contribution is 2.26. The summed E-state index contributed by atoms with van der Waals surface area (Å²) in [6.07, 6.45) is 1.15. The molecule has 0 radical (unpaired) electrons. The predicted octanol–water partition coefficient (Wildman–Crippen LogP) is 4.12. The summed E-state index contributed by atoms with van der Waals surface area (Å²) in [5.41, 5.74) is 2.31. The SMILES string of the molecule is CCOc1ccc(C(=O)Nc2ccc(CCC(=O)N(C)C)cc2)cc1Br. The van der Waals surface area contributed by atoms with Gasteiger partial charge in [-0.05, 0) is 65.2 Å². The van der Waals surface area contributed by atoms with Crippen molar-refractivity contribution in [1.29, 1.82) is 0 Å². The van der Waals surface area contributed by atoms with E-state index in [0.717, 1.165) is 10.0 Å². The Balaban J connectivity index is 1.97. The van der Waals surface area contributed by atoms with E-state index in [2.05, 4.69) is 21.2 Å². The first kappa shape index (κ1) is 20.0. The lowest BCUT2D eigenvalue weighted by atomic mass is 10.1. The Hall–Kier alpha value is -2.34. The third-order valence-corrected chi connectivity index (χ3v) is 4.45. The van der Waals surface area contributed by atoms with E-state index in [9.17, 15) is 9.59 Å². The number of rotatable bonds is 7. The van der Waals surface area contributed by atoms with Gasteiger partial charge in [0.25, 0.3) is 5.91 Å². The van der Waals surface area contributed by atoms with Crippen molar-refractivity contribution in [3.8, 4) is 5.75 Å². The highest BCUT2D eigenvalue weighted by molar-refractivity contribution is 9.10. The zero-order valence-corrected chi connectivity index (χ0v) is 16.8. The summed E-state index contributed by atoms with van der Waals surface area (Å²) in [4.78, 5) is 25.6. The van der Waals surface area contributed by atoms with Crippen molar-refractivity contribution in [2.24, 2.45) is 0 Å². The fraction of sp³-hybridized carbons (Fsp3) is 0.300. The normalized spacial score (nSPS) is 10.3. The molecule has 0 unspecified atom stereocenters. The maximum absolute atomic E-state index is 12.4. The van der Waals surface area contributed by atoms with Gasteiger partial charge in [0.1, 0.15) is 5.75 Å². The number of benzene rings is 2. The van der Waals surface area contributed by atoms with Gasteiger partial charge >= 0.3 is 0 Å². The molecule has 0 atom stereocenters. The van der Waals surface area contributed by atoms with E-state index in [1.54, 1.807) is 37.2 Å². The van der Waals surface area contributed by atoms with Gasteiger partial charge in [0.05, 0.1) is 11.1 Å². The third kappa shape index (κ3) is 5.59. The molecule has 0 saturated heterocycles. The lowest BCUT2D eigenvalue weighted by Gasteiger charge is -2.11. The summed E-state index contributed by atoms with van der Waals surface area (Å²) in [5, 5.41) is 2.87. The highest BCUT2D eigenvalue weighted by Gasteiger charge is 2.10. The van der Waals surface area contributed by atoms with Gasteiger partial charge in [0.2, 0.25) is 5.91 Å². The first-order chi connectivity index (χ1) is 12.4. The Bertz CT molecular complexity index is 773. The first-order valence-corrected chi connectivity index (χ1v) is 9.22. The van der Waals surface area contributed by atoms with Crippen LogP contribution in [0, 0.1) is 0 Å². The number of nitrogens with zero attached hydrogens (tertiary/aromatic N) is 1. The van der Waals surface area contributed by atoms with Gasteiger partial charge < -0.3 is 15.0 Å². The number of carbonyl (C=O) groups excluding carboxylic acids is 2. The van der Waals surface area contributed by atoms with Crippen molar-refractivity contribution in [1.82, 2.24) is 4.90 Å². The summed E-state index contributed by atoms with van der Waals surface area (Å²) in [7, 11) is 3.50. The van der Waals surface area contributed by atoms with Crippen LogP contribution in [0.25, 0.3) is 0 Å². The smallest absolute Gasteiger partial charge is 0.255 e. The molecule has 2 aromatic carbocycles. The molecule has 26 heavy (non-hydrogen) atoms. The molecule has 2 rings (SSSR count). The van der Waals surface area contributed by atoms with Crippen molar-refractivity contribution in [2.75, 3.05) is 26.0 Å². The van der Waals surface area contributed by atoms with E-state index >= 15 is 0 Å². The molecular formula is C20H23BrN2O3. The molecule has 0 bridgehead atoms. The molecule has 138 valence electrons. The monoisotopic (exact) mass is 418 g/mol.